The molecule has 0 bridgehead atoms. The summed E-state index contributed by atoms with van der Waals surface area (Å²) < 4.78 is 7.80. The molecule has 1 aliphatic heterocycles. The van der Waals surface area contributed by atoms with Gasteiger partial charge in [-0.3, -0.25) is 4.79 Å². The molecule has 0 aliphatic carbocycles. The van der Waals surface area contributed by atoms with E-state index in [-0.39, 0.29) is 5.91 Å². The first kappa shape index (κ1) is 17.3. The van der Waals surface area contributed by atoms with Gasteiger partial charge in [-0.05, 0) is 24.3 Å². The molecule has 6 rings (SSSR count). The number of furan rings is 1. The van der Waals surface area contributed by atoms with Crippen molar-refractivity contribution in [3.63, 3.8) is 0 Å². The fourth-order valence-electron chi connectivity index (χ4n) is 4.20. The SMILES string of the molecule is O=C(c1cnn2ccc(Cl)cc12)N1CCc2[nH]cnc2[C@H]1c1cc2ccccc2o1. The van der Waals surface area contributed by atoms with Crippen molar-refractivity contribution in [1.29, 1.82) is 0 Å². The largest absolute Gasteiger partial charge is 0.458 e. The van der Waals surface area contributed by atoms with Gasteiger partial charge in [-0.1, -0.05) is 29.8 Å². The van der Waals surface area contributed by atoms with Crippen LogP contribution < -0.4 is 0 Å². The van der Waals surface area contributed by atoms with Crippen LogP contribution >= 0.6 is 11.6 Å². The van der Waals surface area contributed by atoms with Gasteiger partial charge >= 0.3 is 0 Å². The van der Waals surface area contributed by atoms with Gasteiger partial charge in [0.1, 0.15) is 17.4 Å². The molecule has 1 aromatic carbocycles. The van der Waals surface area contributed by atoms with Crippen LogP contribution in [0, 0.1) is 0 Å². The van der Waals surface area contributed by atoms with Gasteiger partial charge in [0, 0.05) is 35.3 Å². The fourth-order valence-corrected chi connectivity index (χ4v) is 4.35. The van der Waals surface area contributed by atoms with E-state index < -0.39 is 6.04 Å². The van der Waals surface area contributed by atoms with Crippen LogP contribution in [0.4, 0.5) is 0 Å². The van der Waals surface area contributed by atoms with Crippen molar-refractivity contribution in [2.45, 2.75) is 12.5 Å². The fraction of sp³-hybridized carbons (Fsp3) is 0.136. The van der Waals surface area contributed by atoms with E-state index in [1.165, 1.54) is 0 Å². The molecule has 0 spiro atoms. The third kappa shape index (κ3) is 2.55. The minimum absolute atomic E-state index is 0.133. The lowest BCUT2D eigenvalue weighted by Gasteiger charge is -2.33. The van der Waals surface area contributed by atoms with E-state index in [4.69, 9.17) is 16.0 Å². The Hall–Kier alpha value is -3.58. The van der Waals surface area contributed by atoms with E-state index in [0.29, 0.717) is 34.8 Å². The summed E-state index contributed by atoms with van der Waals surface area (Å²) >= 11 is 6.16. The average molecular weight is 418 g/mol. The van der Waals surface area contributed by atoms with Gasteiger partial charge in [-0.15, -0.1) is 0 Å². The van der Waals surface area contributed by atoms with Gasteiger partial charge in [-0.2, -0.15) is 5.10 Å². The number of carbonyl (C=O) groups excluding carboxylic acids is 1. The summed E-state index contributed by atoms with van der Waals surface area (Å²) in [4.78, 5) is 23.2. The molecule has 8 heteroatoms. The number of imidazole rings is 1. The van der Waals surface area contributed by atoms with Crippen LogP contribution in [0.2, 0.25) is 5.02 Å². The van der Waals surface area contributed by atoms with Gasteiger partial charge in [0.05, 0.1) is 29.3 Å². The molecule has 0 radical (unpaired) electrons. The van der Waals surface area contributed by atoms with E-state index in [1.807, 2.05) is 30.3 Å². The molecule has 5 aromatic rings. The first-order chi connectivity index (χ1) is 14.7. The van der Waals surface area contributed by atoms with Crippen molar-refractivity contribution in [2.24, 2.45) is 0 Å². The summed E-state index contributed by atoms with van der Waals surface area (Å²) in [5, 5.41) is 5.85. The van der Waals surface area contributed by atoms with Crippen molar-refractivity contribution < 1.29 is 9.21 Å². The number of para-hydroxylation sites is 1. The van der Waals surface area contributed by atoms with Crippen molar-refractivity contribution in [3.8, 4) is 0 Å². The minimum atomic E-state index is -0.422. The summed E-state index contributed by atoms with van der Waals surface area (Å²) in [6, 6.07) is 12.9. The third-order valence-corrected chi connectivity index (χ3v) is 5.85. The second kappa shape index (κ2) is 6.47. The number of pyridine rings is 1. The van der Waals surface area contributed by atoms with Gasteiger partial charge < -0.3 is 14.3 Å². The Morgan fingerprint density at radius 2 is 2.13 bits per heavy atom. The predicted octanol–water partition coefficient (Wildman–Crippen LogP) is 4.24. The molecular formula is C22H16ClN5O2. The molecular weight excluding hydrogens is 402 g/mol. The predicted molar refractivity (Wildman–Crippen MR) is 112 cm³/mol. The monoisotopic (exact) mass is 417 g/mol. The number of hydrogen-bond acceptors (Lipinski definition) is 4. The molecule has 0 fully saturated rings. The summed E-state index contributed by atoms with van der Waals surface area (Å²) in [5.41, 5.74) is 3.78. The Bertz CT molecular complexity index is 1380. The second-order valence-electron chi connectivity index (χ2n) is 7.34. The molecule has 1 atom stereocenters. The number of aromatic amines is 1. The first-order valence-corrected chi connectivity index (χ1v) is 10.0. The Kier molecular flexibility index (Phi) is 3.73. The summed E-state index contributed by atoms with van der Waals surface area (Å²) in [6.45, 7) is 0.535. The normalized spacial score (nSPS) is 16.3. The standard InChI is InChI=1S/C22H16ClN5O2/c23-14-5-8-28-17(10-14)15(11-26-28)22(29)27-7-6-16-20(25-12-24-16)21(27)19-9-13-3-1-2-4-18(13)30-19/h1-5,8-12,21H,6-7H2,(H,24,25)/t21-/m1/s1. The number of fused-ring (bicyclic) bond motifs is 3. The average Bonchev–Trinajstić information content (AvgIpc) is 3.49. The van der Waals surface area contributed by atoms with Crippen LogP contribution in [0.1, 0.15) is 33.5 Å². The topological polar surface area (TPSA) is 79.4 Å². The molecule has 0 saturated heterocycles. The van der Waals surface area contributed by atoms with E-state index in [1.54, 1.807) is 40.3 Å². The Morgan fingerprint density at radius 1 is 1.23 bits per heavy atom. The molecule has 0 saturated carbocycles. The number of aromatic nitrogens is 4. The molecule has 0 unspecified atom stereocenters. The number of carbonyl (C=O) groups is 1. The Labute approximate surface area is 175 Å². The van der Waals surface area contributed by atoms with Crippen LogP contribution in [0.25, 0.3) is 16.5 Å². The summed E-state index contributed by atoms with van der Waals surface area (Å²) in [6.07, 6.45) is 5.69. The lowest BCUT2D eigenvalue weighted by atomic mass is 9.99. The maximum atomic E-state index is 13.7. The van der Waals surface area contributed by atoms with Crippen LogP contribution in [-0.2, 0) is 6.42 Å². The molecule has 7 nitrogen and oxygen atoms in total. The molecule has 5 heterocycles. The van der Waals surface area contributed by atoms with E-state index in [2.05, 4.69) is 15.1 Å². The van der Waals surface area contributed by atoms with Crippen molar-refractivity contribution in [1.82, 2.24) is 24.5 Å². The molecule has 1 aliphatic rings. The lowest BCUT2D eigenvalue weighted by Crippen LogP contribution is -2.40. The Balaban J connectivity index is 1.49. The number of amides is 1. The molecule has 4 aromatic heterocycles. The van der Waals surface area contributed by atoms with Crippen LogP contribution in [0.5, 0.6) is 0 Å². The van der Waals surface area contributed by atoms with Gasteiger partial charge in [0.15, 0.2) is 0 Å². The number of hydrogen-bond donors (Lipinski definition) is 1. The number of H-pyrrole nitrogens is 1. The minimum Gasteiger partial charge on any atom is -0.458 e. The quantitative estimate of drug-likeness (QED) is 0.465. The van der Waals surface area contributed by atoms with Gasteiger partial charge in [-0.25, -0.2) is 9.50 Å². The van der Waals surface area contributed by atoms with E-state index in [9.17, 15) is 4.79 Å². The highest BCUT2D eigenvalue weighted by Crippen LogP contribution is 2.37. The van der Waals surface area contributed by atoms with Gasteiger partial charge in [0.2, 0.25) is 0 Å². The molecule has 1 amide bonds. The highest BCUT2D eigenvalue weighted by atomic mass is 35.5. The molecule has 148 valence electrons. The van der Waals surface area contributed by atoms with Crippen molar-refractivity contribution in [3.05, 3.63) is 88.9 Å². The number of nitrogens with one attached hydrogen (secondary N) is 1. The number of halogens is 1. The van der Waals surface area contributed by atoms with Crippen LogP contribution in [-0.4, -0.2) is 36.9 Å². The van der Waals surface area contributed by atoms with Crippen LogP contribution in [0.15, 0.2) is 65.6 Å². The highest BCUT2D eigenvalue weighted by Gasteiger charge is 2.37. The van der Waals surface area contributed by atoms with Crippen LogP contribution in [0.3, 0.4) is 0 Å². The maximum Gasteiger partial charge on any atom is 0.258 e. The summed E-state index contributed by atoms with van der Waals surface area (Å²) in [7, 11) is 0. The number of benzene rings is 1. The number of nitrogens with zero attached hydrogens (tertiary/aromatic N) is 4. The Morgan fingerprint density at radius 3 is 3.03 bits per heavy atom. The number of rotatable bonds is 2. The van der Waals surface area contributed by atoms with E-state index >= 15 is 0 Å². The van der Waals surface area contributed by atoms with Gasteiger partial charge in [0.25, 0.3) is 5.91 Å². The zero-order valence-electron chi connectivity index (χ0n) is 15.7. The zero-order chi connectivity index (χ0) is 20.2. The first-order valence-electron chi connectivity index (χ1n) is 9.63. The van der Waals surface area contributed by atoms with Crippen molar-refractivity contribution >= 4 is 34.0 Å². The second-order valence-corrected chi connectivity index (χ2v) is 7.77. The highest BCUT2D eigenvalue weighted by molar-refractivity contribution is 6.31. The van der Waals surface area contributed by atoms with E-state index in [0.717, 1.165) is 22.4 Å². The molecule has 30 heavy (non-hydrogen) atoms. The van der Waals surface area contributed by atoms with Crippen molar-refractivity contribution in [2.75, 3.05) is 6.54 Å². The maximum absolute atomic E-state index is 13.7. The summed E-state index contributed by atoms with van der Waals surface area (Å²) in [5.74, 6) is 0.554. The smallest absolute Gasteiger partial charge is 0.258 e. The zero-order valence-corrected chi connectivity index (χ0v) is 16.5. The molecule has 1 N–H and O–H groups in total. The third-order valence-electron chi connectivity index (χ3n) is 5.61. The lowest BCUT2D eigenvalue weighted by molar-refractivity contribution is 0.0675.